The van der Waals surface area contributed by atoms with E-state index in [0.29, 0.717) is 20.9 Å². The number of aromatic nitrogens is 1. The second kappa shape index (κ2) is 9.91. The number of carboxylic acids is 1. The van der Waals surface area contributed by atoms with Crippen LogP contribution in [-0.2, 0) is 6.42 Å². The van der Waals surface area contributed by atoms with Crippen molar-refractivity contribution in [2.75, 3.05) is 7.11 Å². The van der Waals surface area contributed by atoms with Gasteiger partial charge in [0.05, 0.1) is 28.9 Å². The predicted octanol–water partition coefficient (Wildman–Crippen LogP) is 5.29. The Bertz CT molecular complexity index is 2050. The maximum Gasteiger partial charge on any atom is 0.335 e. The normalized spacial score (nSPS) is 16.0. The van der Waals surface area contributed by atoms with Crippen molar-refractivity contribution in [1.82, 2.24) is 4.57 Å². The predicted molar refractivity (Wildman–Crippen MR) is 157 cm³/mol. The van der Waals surface area contributed by atoms with Crippen molar-refractivity contribution in [3.05, 3.63) is 138 Å². The van der Waals surface area contributed by atoms with Gasteiger partial charge in [0, 0.05) is 17.2 Å². The molecule has 3 heterocycles. The summed E-state index contributed by atoms with van der Waals surface area (Å²) in [6.07, 6.45) is 3.44. The van der Waals surface area contributed by atoms with E-state index < -0.39 is 5.97 Å². The van der Waals surface area contributed by atoms with Gasteiger partial charge in [-0.2, -0.15) is 0 Å². The Morgan fingerprint density at radius 3 is 2.68 bits per heavy atom. The van der Waals surface area contributed by atoms with E-state index in [-0.39, 0.29) is 17.2 Å². The molecule has 0 fully saturated rings. The Kier molecular flexibility index (Phi) is 6.05. The van der Waals surface area contributed by atoms with Crippen LogP contribution >= 0.6 is 11.3 Å². The average Bonchev–Trinajstić information content (AvgIpc) is 3.60. The fourth-order valence-corrected chi connectivity index (χ4v) is 6.61. The Morgan fingerprint density at radius 1 is 1.05 bits per heavy atom. The summed E-state index contributed by atoms with van der Waals surface area (Å²) in [5.41, 5.74) is 6.25. The molecule has 0 unspecified atom stereocenters. The number of thiazole rings is 1. The van der Waals surface area contributed by atoms with Crippen molar-refractivity contribution < 1.29 is 19.1 Å². The summed E-state index contributed by atoms with van der Waals surface area (Å²) < 4.78 is 13.9. The molecule has 8 heteroatoms. The lowest BCUT2D eigenvalue weighted by molar-refractivity contribution is 0.0697. The van der Waals surface area contributed by atoms with Crippen molar-refractivity contribution in [3.63, 3.8) is 0 Å². The third-order valence-corrected chi connectivity index (χ3v) is 8.58. The zero-order chi connectivity index (χ0) is 28.1. The monoisotopic (exact) mass is 560 g/mol. The van der Waals surface area contributed by atoms with Crippen LogP contribution in [0.15, 0.2) is 105 Å². The third-order valence-electron chi connectivity index (χ3n) is 7.60. The first kappa shape index (κ1) is 25.0. The van der Waals surface area contributed by atoms with Crippen LogP contribution in [0.1, 0.15) is 45.3 Å². The Labute approximate surface area is 238 Å². The Morgan fingerprint density at radius 2 is 1.88 bits per heavy atom. The molecule has 0 saturated heterocycles. The SMILES string of the molecule is COc1cccc([C@H]2C3=C(N=c4s/c(=C\c5ccc(-c6ccc(C(=O)O)cc6)o5)c(=O)n42)c2ccccc2CC3)c1. The highest BCUT2D eigenvalue weighted by Gasteiger charge is 2.32. The summed E-state index contributed by atoms with van der Waals surface area (Å²) >= 11 is 1.34. The van der Waals surface area contributed by atoms with Crippen LogP contribution in [-0.4, -0.2) is 22.8 Å². The number of nitrogens with zero attached hydrogens (tertiary/aromatic N) is 2. The standard InChI is InChI=1S/C33H24N2O5S/c1-39-23-7-4-6-22(17-23)30-26-15-13-19-5-2-3-8-25(19)29(26)34-33-35(30)31(36)28(41-33)18-24-14-16-27(40-24)20-9-11-21(12-10-20)32(37)38/h2-12,14,16-18,30H,13,15H2,1H3,(H,37,38)/b28-18-/t30-/m0/s1. The number of hydrogen-bond acceptors (Lipinski definition) is 6. The van der Waals surface area contributed by atoms with Crippen molar-refractivity contribution in [2.24, 2.45) is 4.99 Å². The maximum absolute atomic E-state index is 14.0. The molecule has 5 aromatic rings. The molecule has 1 N–H and O–H groups in total. The van der Waals surface area contributed by atoms with Crippen molar-refractivity contribution >= 4 is 29.1 Å². The topological polar surface area (TPSA) is 94.0 Å². The second-order valence-corrected chi connectivity index (χ2v) is 11.0. The van der Waals surface area contributed by atoms with E-state index in [1.807, 2.05) is 36.4 Å². The summed E-state index contributed by atoms with van der Waals surface area (Å²) in [6, 6.07) is 26.0. The van der Waals surface area contributed by atoms with Crippen molar-refractivity contribution in [2.45, 2.75) is 18.9 Å². The molecule has 2 aliphatic rings. The lowest BCUT2D eigenvalue weighted by Gasteiger charge is -2.31. The minimum atomic E-state index is -0.982. The molecular formula is C33H24N2O5S. The van der Waals surface area contributed by atoms with Gasteiger partial charge in [0.15, 0.2) is 4.80 Å². The number of hydrogen-bond donors (Lipinski definition) is 1. The van der Waals surface area contributed by atoms with E-state index in [1.54, 1.807) is 36.0 Å². The largest absolute Gasteiger partial charge is 0.497 e. The summed E-state index contributed by atoms with van der Waals surface area (Å²) in [5, 5.41) is 9.17. The van der Waals surface area contributed by atoms with Gasteiger partial charge in [0.1, 0.15) is 17.3 Å². The summed E-state index contributed by atoms with van der Waals surface area (Å²) in [5.74, 6) is 0.867. The summed E-state index contributed by atoms with van der Waals surface area (Å²) in [7, 11) is 1.64. The van der Waals surface area contributed by atoms with Crippen LogP contribution in [0.25, 0.3) is 23.1 Å². The van der Waals surface area contributed by atoms with Crippen LogP contribution in [0.4, 0.5) is 0 Å². The maximum atomic E-state index is 14.0. The highest BCUT2D eigenvalue weighted by molar-refractivity contribution is 7.07. The smallest absolute Gasteiger partial charge is 0.335 e. The van der Waals surface area contributed by atoms with Gasteiger partial charge in [-0.15, -0.1) is 0 Å². The first-order valence-electron chi connectivity index (χ1n) is 13.2. The van der Waals surface area contributed by atoms with Crippen LogP contribution in [0.3, 0.4) is 0 Å². The number of allylic oxidation sites excluding steroid dienone is 1. The molecule has 41 heavy (non-hydrogen) atoms. The molecule has 0 amide bonds. The van der Waals surface area contributed by atoms with Crippen molar-refractivity contribution in [1.29, 1.82) is 0 Å². The number of furan rings is 1. The van der Waals surface area contributed by atoms with Gasteiger partial charge in [-0.1, -0.05) is 59.9 Å². The number of fused-ring (bicyclic) bond motifs is 3. The van der Waals surface area contributed by atoms with E-state index in [9.17, 15) is 9.59 Å². The zero-order valence-electron chi connectivity index (χ0n) is 22.0. The number of aryl methyl sites for hydroxylation is 1. The second-order valence-electron chi connectivity index (χ2n) is 9.97. The highest BCUT2D eigenvalue weighted by atomic mass is 32.1. The number of carboxylic acid groups (broad SMARTS) is 1. The van der Waals surface area contributed by atoms with Crippen LogP contribution in [0.5, 0.6) is 5.75 Å². The first-order chi connectivity index (χ1) is 20.0. The number of ether oxygens (including phenoxy) is 1. The van der Waals surface area contributed by atoms with E-state index in [2.05, 4.69) is 18.2 Å². The van der Waals surface area contributed by atoms with E-state index >= 15 is 0 Å². The number of carbonyl (C=O) groups is 1. The van der Waals surface area contributed by atoms with Gasteiger partial charge in [0.25, 0.3) is 5.56 Å². The molecule has 3 aromatic carbocycles. The number of aromatic carboxylic acids is 1. The number of benzene rings is 3. The quantitative estimate of drug-likeness (QED) is 0.316. The lowest BCUT2D eigenvalue weighted by atomic mass is 9.83. The Hall–Kier alpha value is -4.95. The molecule has 202 valence electrons. The number of rotatable bonds is 5. The minimum Gasteiger partial charge on any atom is -0.497 e. The molecule has 0 saturated carbocycles. The summed E-state index contributed by atoms with van der Waals surface area (Å²) in [4.78, 5) is 30.9. The summed E-state index contributed by atoms with van der Waals surface area (Å²) in [6.45, 7) is 0. The fraction of sp³-hybridized carbons (Fsp3) is 0.121. The Balaban J connectivity index is 1.36. The zero-order valence-corrected chi connectivity index (χ0v) is 22.9. The van der Waals surface area contributed by atoms with Gasteiger partial charge >= 0.3 is 5.97 Å². The van der Waals surface area contributed by atoms with Gasteiger partial charge in [0.2, 0.25) is 0 Å². The van der Waals surface area contributed by atoms with Crippen molar-refractivity contribution in [3.8, 4) is 17.1 Å². The molecule has 1 aliphatic carbocycles. The van der Waals surface area contributed by atoms with E-state index in [4.69, 9.17) is 19.3 Å². The van der Waals surface area contributed by atoms with E-state index in [1.165, 1.54) is 29.0 Å². The molecule has 0 bridgehead atoms. The molecule has 7 rings (SSSR count). The van der Waals surface area contributed by atoms with E-state index in [0.717, 1.165) is 46.6 Å². The van der Waals surface area contributed by atoms with Gasteiger partial charge in [-0.05, 0) is 65.9 Å². The number of methoxy groups -OCH3 is 1. The van der Waals surface area contributed by atoms with Gasteiger partial charge in [-0.3, -0.25) is 9.36 Å². The average molecular weight is 561 g/mol. The molecule has 0 spiro atoms. The van der Waals surface area contributed by atoms with Gasteiger partial charge < -0.3 is 14.3 Å². The molecule has 0 radical (unpaired) electrons. The first-order valence-corrected chi connectivity index (χ1v) is 14.0. The van der Waals surface area contributed by atoms with Crippen LogP contribution in [0.2, 0.25) is 0 Å². The highest BCUT2D eigenvalue weighted by Crippen LogP contribution is 2.41. The van der Waals surface area contributed by atoms with Crippen LogP contribution in [0, 0.1) is 0 Å². The fourth-order valence-electron chi connectivity index (χ4n) is 5.63. The van der Waals surface area contributed by atoms with Gasteiger partial charge in [-0.25, -0.2) is 9.79 Å². The lowest BCUT2D eigenvalue weighted by Crippen LogP contribution is -2.38. The molecule has 7 nitrogen and oxygen atoms in total. The molecular weight excluding hydrogens is 536 g/mol. The molecule has 2 aromatic heterocycles. The molecule has 1 atom stereocenters. The minimum absolute atomic E-state index is 0.129. The van der Waals surface area contributed by atoms with Crippen LogP contribution < -0.4 is 19.6 Å². The third kappa shape index (κ3) is 4.33. The molecule has 1 aliphatic heterocycles.